The third-order valence-electron chi connectivity index (χ3n) is 6.09. The third kappa shape index (κ3) is 6.45. The second kappa shape index (κ2) is 11.5. The molecule has 4 aromatic rings. The van der Waals surface area contributed by atoms with Crippen molar-refractivity contribution < 1.29 is 14.4 Å². The lowest BCUT2D eigenvalue weighted by atomic mass is 10.1. The molecule has 1 aromatic carbocycles. The number of anilines is 1. The van der Waals surface area contributed by atoms with Crippen molar-refractivity contribution in [3.05, 3.63) is 84.5 Å². The van der Waals surface area contributed by atoms with E-state index < -0.39 is 0 Å². The summed E-state index contributed by atoms with van der Waals surface area (Å²) in [5.74, 6) is -0.699. The van der Waals surface area contributed by atoms with Crippen LogP contribution in [0.2, 0.25) is 0 Å². The van der Waals surface area contributed by atoms with Gasteiger partial charge >= 0.3 is 0 Å². The average molecular weight is 525 g/mol. The zero-order chi connectivity index (χ0) is 27.2. The van der Waals surface area contributed by atoms with Gasteiger partial charge in [0.1, 0.15) is 12.2 Å². The van der Waals surface area contributed by atoms with Crippen LogP contribution in [-0.4, -0.2) is 55.4 Å². The van der Waals surface area contributed by atoms with E-state index in [1.54, 1.807) is 52.1 Å². The SMILES string of the molecule is Cn1cc(-c2cccc(C(=O)Nc3ccc4nn(CC(=O)NCCNC(=O)C5=CCCC=C5)cc4c3)n2)cn1. The summed E-state index contributed by atoms with van der Waals surface area (Å²) in [5, 5.41) is 17.8. The molecule has 0 aliphatic heterocycles. The number of pyridine rings is 1. The maximum atomic E-state index is 12.8. The van der Waals surface area contributed by atoms with Gasteiger partial charge in [-0.3, -0.25) is 23.7 Å². The van der Waals surface area contributed by atoms with Crippen LogP contribution in [0.1, 0.15) is 23.3 Å². The largest absolute Gasteiger partial charge is 0.353 e. The number of aryl methyl sites for hydroxylation is 1. The molecule has 0 radical (unpaired) electrons. The highest BCUT2D eigenvalue weighted by Crippen LogP contribution is 2.20. The van der Waals surface area contributed by atoms with Crippen molar-refractivity contribution in [2.45, 2.75) is 19.4 Å². The van der Waals surface area contributed by atoms with E-state index in [9.17, 15) is 14.4 Å². The molecule has 0 fully saturated rings. The van der Waals surface area contributed by atoms with Crippen molar-refractivity contribution in [2.75, 3.05) is 18.4 Å². The highest BCUT2D eigenvalue weighted by Gasteiger charge is 2.12. The number of aromatic nitrogens is 5. The number of benzene rings is 1. The number of rotatable bonds is 9. The Morgan fingerprint density at radius 3 is 2.67 bits per heavy atom. The normalized spacial score (nSPS) is 12.7. The minimum atomic E-state index is -0.338. The van der Waals surface area contributed by atoms with Crippen molar-refractivity contribution in [1.82, 2.24) is 35.2 Å². The maximum Gasteiger partial charge on any atom is 0.274 e. The first kappa shape index (κ1) is 25.6. The van der Waals surface area contributed by atoms with Gasteiger partial charge in [-0.15, -0.1) is 0 Å². The van der Waals surface area contributed by atoms with E-state index >= 15 is 0 Å². The van der Waals surface area contributed by atoms with E-state index in [1.165, 1.54) is 0 Å². The summed E-state index contributed by atoms with van der Waals surface area (Å²) in [5.41, 5.74) is 3.70. The fourth-order valence-corrected chi connectivity index (χ4v) is 4.17. The van der Waals surface area contributed by atoms with E-state index in [2.05, 4.69) is 31.1 Å². The molecule has 1 aliphatic carbocycles. The lowest BCUT2D eigenvalue weighted by Crippen LogP contribution is -2.36. The Morgan fingerprint density at radius 1 is 1.00 bits per heavy atom. The first-order valence-corrected chi connectivity index (χ1v) is 12.6. The predicted octanol–water partition coefficient (Wildman–Crippen LogP) is 2.59. The number of hydrogen-bond acceptors (Lipinski definition) is 6. The Morgan fingerprint density at radius 2 is 1.87 bits per heavy atom. The van der Waals surface area contributed by atoms with Crippen molar-refractivity contribution in [3.63, 3.8) is 0 Å². The Bertz CT molecular complexity index is 1600. The molecule has 3 N–H and O–H groups in total. The molecule has 1 aliphatic rings. The van der Waals surface area contributed by atoms with Gasteiger partial charge in [0.15, 0.2) is 0 Å². The zero-order valence-electron chi connectivity index (χ0n) is 21.4. The standard InChI is InChI=1S/C28H28N8O3/c1-35-16-21(15-31-35)23-8-5-9-25(33-23)28(39)32-22-10-11-24-20(14-22)17-36(34-24)18-26(37)29-12-13-30-27(38)19-6-3-2-4-7-19/h3,5-11,14-17H,2,4,12-13,18H2,1H3,(H,29,37)(H,30,38)(H,32,39). The highest BCUT2D eigenvalue weighted by molar-refractivity contribution is 6.04. The Balaban J connectivity index is 1.14. The van der Waals surface area contributed by atoms with Crippen LogP contribution >= 0.6 is 0 Å². The van der Waals surface area contributed by atoms with Crippen molar-refractivity contribution in [1.29, 1.82) is 0 Å². The number of nitrogens with zero attached hydrogens (tertiary/aromatic N) is 5. The van der Waals surface area contributed by atoms with E-state index in [0.717, 1.165) is 23.8 Å². The van der Waals surface area contributed by atoms with Gasteiger partial charge in [0.25, 0.3) is 11.8 Å². The monoisotopic (exact) mass is 524 g/mol. The van der Waals surface area contributed by atoms with Gasteiger partial charge in [-0.25, -0.2) is 4.98 Å². The number of nitrogens with one attached hydrogen (secondary N) is 3. The minimum Gasteiger partial charge on any atom is -0.353 e. The molecule has 0 saturated carbocycles. The van der Waals surface area contributed by atoms with Gasteiger partial charge in [-0.2, -0.15) is 10.2 Å². The highest BCUT2D eigenvalue weighted by atomic mass is 16.2. The summed E-state index contributed by atoms with van der Waals surface area (Å²) in [6, 6.07) is 10.6. The minimum absolute atomic E-state index is 0.0310. The van der Waals surface area contributed by atoms with Crippen LogP contribution in [0.15, 0.2) is 78.8 Å². The fourth-order valence-electron chi connectivity index (χ4n) is 4.17. The number of carbonyl (C=O) groups excluding carboxylic acids is 3. The molecule has 198 valence electrons. The molecule has 3 aromatic heterocycles. The second-order valence-corrected chi connectivity index (χ2v) is 9.11. The van der Waals surface area contributed by atoms with Crippen LogP contribution in [0.4, 0.5) is 5.69 Å². The summed E-state index contributed by atoms with van der Waals surface area (Å²) in [7, 11) is 1.82. The molecule has 0 unspecified atom stereocenters. The molecule has 3 amide bonds. The van der Waals surface area contributed by atoms with Gasteiger partial charge < -0.3 is 16.0 Å². The lowest BCUT2D eigenvalue weighted by molar-refractivity contribution is -0.122. The molecule has 0 bridgehead atoms. The Hall–Kier alpha value is -5.06. The number of allylic oxidation sites excluding steroid dienone is 2. The summed E-state index contributed by atoms with van der Waals surface area (Å²) < 4.78 is 3.22. The van der Waals surface area contributed by atoms with Gasteiger partial charge in [0, 0.05) is 54.7 Å². The van der Waals surface area contributed by atoms with Crippen molar-refractivity contribution in [2.24, 2.45) is 7.05 Å². The topological polar surface area (TPSA) is 136 Å². The molecule has 11 nitrogen and oxygen atoms in total. The first-order chi connectivity index (χ1) is 18.9. The molecule has 5 rings (SSSR count). The average Bonchev–Trinajstić information content (AvgIpc) is 3.56. The molecular formula is C28H28N8O3. The van der Waals surface area contributed by atoms with Crippen LogP contribution in [0, 0.1) is 0 Å². The number of hydrogen-bond donors (Lipinski definition) is 3. The van der Waals surface area contributed by atoms with Crippen LogP contribution < -0.4 is 16.0 Å². The van der Waals surface area contributed by atoms with Crippen LogP contribution in [0.25, 0.3) is 22.2 Å². The van der Waals surface area contributed by atoms with E-state index in [0.29, 0.717) is 35.6 Å². The fraction of sp³-hybridized carbons (Fsp3) is 0.214. The molecular weight excluding hydrogens is 496 g/mol. The molecule has 0 spiro atoms. The van der Waals surface area contributed by atoms with E-state index in [4.69, 9.17) is 0 Å². The van der Waals surface area contributed by atoms with Gasteiger partial charge in [0.2, 0.25) is 5.91 Å². The van der Waals surface area contributed by atoms with Crippen LogP contribution in [0.3, 0.4) is 0 Å². The molecule has 0 atom stereocenters. The summed E-state index contributed by atoms with van der Waals surface area (Å²) in [6.45, 7) is 0.678. The van der Waals surface area contributed by atoms with Gasteiger partial charge in [-0.1, -0.05) is 24.3 Å². The Labute approximate surface area is 224 Å². The summed E-state index contributed by atoms with van der Waals surface area (Å²) in [6.07, 6.45) is 12.8. The van der Waals surface area contributed by atoms with Crippen molar-refractivity contribution >= 4 is 34.3 Å². The Kier molecular flexibility index (Phi) is 7.58. The molecule has 3 heterocycles. The third-order valence-corrected chi connectivity index (χ3v) is 6.09. The van der Waals surface area contributed by atoms with Crippen molar-refractivity contribution in [3.8, 4) is 11.3 Å². The number of amides is 3. The molecule has 39 heavy (non-hydrogen) atoms. The second-order valence-electron chi connectivity index (χ2n) is 9.11. The van der Waals surface area contributed by atoms with E-state index in [1.807, 2.05) is 37.5 Å². The number of fused-ring (bicyclic) bond motifs is 1. The van der Waals surface area contributed by atoms with E-state index in [-0.39, 0.29) is 30.0 Å². The van der Waals surface area contributed by atoms with Gasteiger partial charge in [0.05, 0.1) is 17.4 Å². The number of carbonyl (C=O) groups is 3. The summed E-state index contributed by atoms with van der Waals surface area (Å²) >= 11 is 0. The van der Waals surface area contributed by atoms with Crippen LogP contribution in [0.5, 0.6) is 0 Å². The summed E-state index contributed by atoms with van der Waals surface area (Å²) in [4.78, 5) is 41.8. The maximum absolute atomic E-state index is 12.8. The van der Waals surface area contributed by atoms with Crippen LogP contribution in [-0.2, 0) is 23.2 Å². The van der Waals surface area contributed by atoms with Gasteiger partial charge in [-0.05, 0) is 43.2 Å². The lowest BCUT2D eigenvalue weighted by Gasteiger charge is -2.09. The predicted molar refractivity (Wildman–Crippen MR) is 147 cm³/mol. The molecule has 11 heteroatoms. The quantitative estimate of drug-likeness (QED) is 0.288. The zero-order valence-corrected chi connectivity index (χ0v) is 21.4. The molecule has 0 saturated heterocycles. The first-order valence-electron chi connectivity index (χ1n) is 12.6. The smallest absolute Gasteiger partial charge is 0.274 e.